The molecule has 0 radical (unpaired) electrons. The highest BCUT2D eigenvalue weighted by Gasteiger charge is 2.10. The van der Waals surface area contributed by atoms with Crippen LogP contribution < -0.4 is 0 Å². The molecule has 1 aliphatic carbocycles. The van der Waals surface area contributed by atoms with E-state index in [-0.39, 0.29) is 0 Å². The molecule has 1 heterocycles. The molecular formula is C26H26N2O. The van der Waals surface area contributed by atoms with Crippen molar-refractivity contribution in [2.75, 3.05) is 0 Å². The van der Waals surface area contributed by atoms with Crippen LogP contribution in [0.15, 0.2) is 88.9 Å². The summed E-state index contributed by atoms with van der Waals surface area (Å²) >= 11 is 0. The van der Waals surface area contributed by atoms with E-state index < -0.39 is 0 Å². The second-order valence-electron chi connectivity index (χ2n) is 7.31. The van der Waals surface area contributed by atoms with Gasteiger partial charge in [0, 0.05) is 11.1 Å². The van der Waals surface area contributed by atoms with Crippen molar-refractivity contribution in [2.24, 2.45) is 0 Å². The van der Waals surface area contributed by atoms with Crippen LogP contribution >= 0.6 is 0 Å². The van der Waals surface area contributed by atoms with E-state index in [0.29, 0.717) is 11.8 Å². The van der Waals surface area contributed by atoms with Crippen LogP contribution in [0.4, 0.5) is 0 Å². The summed E-state index contributed by atoms with van der Waals surface area (Å²) in [5, 5.41) is 8.40. The van der Waals surface area contributed by atoms with Gasteiger partial charge in [0.05, 0.1) is 0 Å². The predicted octanol–water partition coefficient (Wildman–Crippen LogP) is 7.25. The molecule has 146 valence electrons. The molecule has 0 bridgehead atoms. The molecule has 0 spiro atoms. The maximum atomic E-state index is 5.87. The van der Waals surface area contributed by atoms with Gasteiger partial charge in [-0.25, -0.2) is 0 Å². The monoisotopic (exact) mass is 382 g/mol. The Morgan fingerprint density at radius 3 is 2.14 bits per heavy atom. The second kappa shape index (κ2) is 9.33. The summed E-state index contributed by atoms with van der Waals surface area (Å²) in [6.45, 7) is 2.24. The van der Waals surface area contributed by atoms with Crippen LogP contribution in [-0.4, -0.2) is 10.2 Å². The summed E-state index contributed by atoms with van der Waals surface area (Å²) in [4.78, 5) is 0. The molecule has 0 amide bonds. The first kappa shape index (κ1) is 19.1. The standard InChI is InChI=1S/C26H26N2O/c1-2-3-9-20-10-7-8-11-21(15-14-20)22-16-18-24(19-17-22)26-28-27-25(29-26)23-12-5-4-6-13-23/h4-6,10-19H,2-3,7-9H2,1H3/b15-14-,20-10-,21-11?. The van der Waals surface area contributed by atoms with Gasteiger partial charge in [-0.3, -0.25) is 0 Å². The van der Waals surface area contributed by atoms with Gasteiger partial charge in [0.15, 0.2) is 0 Å². The van der Waals surface area contributed by atoms with Gasteiger partial charge >= 0.3 is 0 Å². The molecule has 0 atom stereocenters. The van der Waals surface area contributed by atoms with Crippen LogP contribution in [-0.2, 0) is 0 Å². The third-order valence-corrected chi connectivity index (χ3v) is 5.14. The summed E-state index contributed by atoms with van der Waals surface area (Å²) in [6, 6.07) is 18.2. The van der Waals surface area contributed by atoms with Crippen LogP contribution in [0.5, 0.6) is 0 Å². The third-order valence-electron chi connectivity index (χ3n) is 5.14. The van der Waals surface area contributed by atoms with E-state index >= 15 is 0 Å². The predicted molar refractivity (Wildman–Crippen MR) is 119 cm³/mol. The van der Waals surface area contributed by atoms with Crippen molar-refractivity contribution in [3.63, 3.8) is 0 Å². The van der Waals surface area contributed by atoms with Gasteiger partial charge in [0.2, 0.25) is 11.8 Å². The maximum absolute atomic E-state index is 5.87. The van der Waals surface area contributed by atoms with Gasteiger partial charge < -0.3 is 4.42 Å². The minimum atomic E-state index is 0.543. The van der Waals surface area contributed by atoms with Crippen LogP contribution in [0.1, 0.15) is 44.6 Å². The molecule has 3 heteroatoms. The van der Waals surface area contributed by atoms with Crippen LogP contribution in [0.25, 0.3) is 28.5 Å². The van der Waals surface area contributed by atoms with Gasteiger partial charge in [-0.05, 0) is 61.1 Å². The molecule has 1 aliphatic rings. The molecule has 1 aromatic heterocycles. The van der Waals surface area contributed by atoms with Crippen LogP contribution in [0.2, 0.25) is 0 Å². The van der Waals surface area contributed by atoms with Gasteiger partial charge in [-0.2, -0.15) is 0 Å². The van der Waals surface area contributed by atoms with E-state index in [2.05, 4.69) is 65.7 Å². The zero-order valence-electron chi connectivity index (χ0n) is 16.8. The number of nitrogens with zero attached hydrogens (tertiary/aromatic N) is 2. The number of aromatic nitrogens is 2. The Balaban J connectivity index is 1.51. The Kier molecular flexibility index (Phi) is 6.16. The van der Waals surface area contributed by atoms with Gasteiger partial charge in [0.1, 0.15) is 0 Å². The maximum Gasteiger partial charge on any atom is 0.248 e. The lowest BCUT2D eigenvalue weighted by Gasteiger charge is -2.08. The van der Waals surface area contributed by atoms with Crippen molar-refractivity contribution >= 4 is 5.57 Å². The molecule has 0 aliphatic heterocycles. The fraction of sp³-hybridized carbons (Fsp3) is 0.231. The van der Waals surface area contributed by atoms with E-state index in [4.69, 9.17) is 4.42 Å². The highest BCUT2D eigenvalue weighted by molar-refractivity contribution is 5.76. The third kappa shape index (κ3) is 4.80. The minimum absolute atomic E-state index is 0.543. The Morgan fingerprint density at radius 2 is 1.41 bits per heavy atom. The molecule has 0 saturated carbocycles. The highest BCUT2D eigenvalue weighted by atomic mass is 16.4. The normalized spacial score (nSPS) is 17.0. The largest absolute Gasteiger partial charge is 0.416 e. The number of unbranched alkanes of at least 4 members (excludes halogenated alkanes) is 1. The lowest BCUT2D eigenvalue weighted by molar-refractivity contribution is 0.584. The molecule has 0 fully saturated rings. The number of allylic oxidation sites excluding steroid dienone is 6. The zero-order valence-corrected chi connectivity index (χ0v) is 16.8. The van der Waals surface area contributed by atoms with Gasteiger partial charge in [0.25, 0.3) is 0 Å². The van der Waals surface area contributed by atoms with Gasteiger partial charge in [-0.1, -0.05) is 73.6 Å². The SMILES string of the molecule is CCCCC1=C/CCC=C(c2ccc(-c3nnc(-c4ccccc4)o3)cc2)/C=C\1. The lowest BCUT2D eigenvalue weighted by atomic mass is 9.97. The number of hydrogen-bond acceptors (Lipinski definition) is 3. The van der Waals surface area contributed by atoms with Crippen molar-refractivity contribution < 1.29 is 4.42 Å². The van der Waals surface area contributed by atoms with E-state index in [9.17, 15) is 0 Å². The lowest BCUT2D eigenvalue weighted by Crippen LogP contribution is -1.88. The molecule has 3 aromatic rings. The minimum Gasteiger partial charge on any atom is -0.416 e. The second-order valence-corrected chi connectivity index (χ2v) is 7.31. The van der Waals surface area contributed by atoms with E-state index in [1.54, 1.807) is 0 Å². The average Bonchev–Trinajstić information content (AvgIpc) is 3.25. The van der Waals surface area contributed by atoms with Gasteiger partial charge in [-0.15, -0.1) is 10.2 Å². The number of benzene rings is 2. The van der Waals surface area contributed by atoms with Crippen LogP contribution in [0, 0.1) is 0 Å². The van der Waals surface area contributed by atoms with E-state index in [1.165, 1.54) is 36.0 Å². The molecule has 0 saturated heterocycles. The van der Waals surface area contributed by atoms with Crippen molar-refractivity contribution in [1.82, 2.24) is 10.2 Å². The van der Waals surface area contributed by atoms with E-state index in [1.807, 2.05) is 30.3 Å². The van der Waals surface area contributed by atoms with Crippen LogP contribution in [0.3, 0.4) is 0 Å². The summed E-state index contributed by atoms with van der Waals surface area (Å²) < 4.78 is 5.87. The number of rotatable bonds is 6. The average molecular weight is 383 g/mol. The Bertz CT molecular complexity index is 1020. The number of hydrogen-bond donors (Lipinski definition) is 0. The fourth-order valence-electron chi connectivity index (χ4n) is 3.46. The first-order chi connectivity index (χ1) is 14.3. The Labute approximate surface area is 172 Å². The zero-order chi connectivity index (χ0) is 19.9. The topological polar surface area (TPSA) is 38.9 Å². The quantitative estimate of drug-likeness (QED) is 0.450. The van der Waals surface area contributed by atoms with Crippen molar-refractivity contribution in [2.45, 2.75) is 39.0 Å². The van der Waals surface area contributed by atoms with Crippen molar-refractivity contribution in [3.05, 3.63) is 90.0 Å². The first-order valence-electron chi connectivity index (χ1n) is 10.4. The molecule has 0 N–H and O–H groups in total. The molecule has 3 nitrogen and oxygen atoms in total. The smallest absolute Gasteiger partial charge is 0.248 e. The molecular weight excluding hydrogens is 356 g/mol. The van der Waals surface area contributed by atoms with E-state index in [0.717, 1.165) is 24.0 Å². The first-order valence-corrected chi connectivity index (χ1v) is 10.4. The Hall–Kier alpha value is -3.20. The summed E-state index contributed by atoms with van der Waals surface area (Å²) in [6.07, 6.45) is 15.0. The summed E-state index contributed by atoms with van der Waals surface area (Å²) in [7, 11) is 0. The summed E-state index contributed by atoms with van der Waals surface area (Å²) in [5.74, 6) is 1.09. The fourth-order valence-corrected chi connectivity index (χ4v) is 3.46. The summed E-state index contributed by atoms with van der Waals surface area (Å²) in [5.41, 5.74) is 5.80. The molecule has 29 heavy (non-hydrogen) atoms. The molecule has 2 aromatic carbocycles. The highest BCUT2D eigenvalue weighted by Crippen LogP contribution is 2.27. The Morgan fingerprint density at radius 1 is 0.759 bits per heavy atom. The van der Waals surface area contributed by atoms with Crippen molar-refractivity contribution in [1.29, 1.82) is 0 Å². The van der Waals surface area contributed by atoms with Crippen molar-refractivity contribution in [3.8, 4) is 22.9 Å². The molecule has 4 rings (SSSR count). The molecule has 0 unspecified atom stereocenters.